The number of hydrogen-bond donors (Lipinski definition) is 1. The number of rotatable bonds is 5. The minimum Gasteiger partial charge on any atom is -0.326 e. The molecule has 0 unspecified atom stereocenters. The third-order valence-electron chi connectivity index (χ3n) is 5.22. The monoisotopic (exact) mass is 385 g/mol. The van der Waals surface area contributed by atoms with E-state index in [4.69, 9.17) is 0 Å². The fraction of sp³-hybridized carbons (Fsp3) is 0.208. The molecule has 0 aliphatic carbocycles. The Labute approximate surface area is 170 Å². The van der Waals surface area contributed by atoms with Gasteiger partial charge in [0.2, 0.25) is 11.8 Å². The fourth-order valence-electron chi connectivity index (χ4n) is 3.54. The van der Waals surface area contributed by atoms with Crippen LogP contribution >= 0.6 is 0 Å². The lowest BCUT2D eigenvalue weighted by atomic mass is 10.1. The number of aromatic nitrogens is 1. The van der Waals surface area contributed by atoms with Crippen molar-refractivity contribution in [3.63, 3.8) is 0 Å². The van der Waals surface area contributed by atoms with Gasteiger partial charge < -0.3 is 10.2 Å². The molecule has 0 spiro atoms. The minimum absolute atomic E-state index is 0.0123. The summed E-state index contributed by atoms with van der Waals surface area (Å²) in [5.41, 5.74) is 5.08. The van der Waals surface area contributed by atoms with E-state index >= 15 is 0 Å². The van der Waals surface area contributed by atoms with Gasteiger partial charge in [-0.25, -0.2) is 0 Å². The van der Waals surface area contributed by atoms with Gasteiger partial charge in [-0.3, -0.25) is 14.6 Å². The molecule has 1 saturated heterocycles. The molecule has 2 amide bonds. The molecule has 1 aliphatic rings. The highest BCUT2D eigenvalue weighted by atomic mass is 16.2. The second-order valence-electron chi connectivity index (χ2n) is 7.46. The maximum atomic E-state index is 12.7. The Morgan fingerprint density at radius 3 is 2.34 bits per heavy atom. The van der Waals surface area contributed by atoms with Crippen LogP contribution in [0.1, 0.15) is 23.1 Å². The highest BCUT2D eigenvalue weighted by Gasteiger charge is 2.35. The van der Waals surface area contributed by atoms with Crippen molar-refractivity contribution in [1.82, 2.24) is 4.98 Å². The number of hydrogen-bond acceptors (Lipinski definition) is 3. The summed E-state index contributed by atoms with van der Waals surface area (Å²) in [6.07, 6.45) is 4.62. The molecule has 29 heavy (non-hydrogen) atoms. The van der Waals surface area contributed by atoms with Crippen molar-refractivity contribution in [2.45, 2.75) is 19.8 Å². The third-order valence-corrected chi connectivity index (χ3v) is 5.22. The summed E-state index contributed by atoms with van der Waals surface area (Å²) < 4.78 is 0. The van der Waals surface area contributed by atoms with Crippen LogP contribution in [0.15, 0.2) is 73.1 Å². The quantitative estimate of drug-likeness (QED) is 0.723. The van der Waals surface area contributed by atoms with E-state index < -0.39 is 0 Å². The van der Waals surface area contributed by atoms with Gasteiger partial charge in [0.25, 0.3) is 0 Å². The smallest absolute Gasteiger partial charge is 0.229 e. The number of anilines is 2. The van der Waals surface area contributed by atoms with Crippen LogP contribution in [-0.2, 0) is 16.0 Å². The van der Waals surface area contributed by atoms with Crippen molar-refractivity contribution < 1.29 is 9.59 Å². The maximum absolute atomic E-state index is 12.7. The summed E-state index contributed by atoms with van der Waals surface area (Å²) in [4.78, 5) is 30.8. The van der Waals surface area contributed by atoms with Gasteiger partial charge in [-0.15, -0.1) is 0 Å². The van der Waals surface area contributed by atoms with Gasteiger partial charge in [0.05, 0.1) is 5.92 Å². The van der Waals surface area contributed by atoms with Gasteiger partial charge in [-0.05, 0) is 60.9 Å². The van der Waals surface area contributed by atoms with E-state index in [2.05, 4.69) is 10.3 Å². The van der Waals surface area contributed by atoms with Gasteiger partial charge in [0, 0.05) is 36.7 Å². The summed E-state index contributed by atoms with van der Waals surface area (Å²) in [7, 11) is 0. The predicted molar refractivity (Wildman–Crippen MR) is 114 cm³/mol. The van der Waals surface area contributed by atoms with Gasteiger partial charge in [-0.1, -0.05) is 29.8 Å². The Bertz CT molecular complexity index is 999. The van der Waals surface area contributed by atoms with E-state index in [1.807, 2.05) is 67.6 Å². The lowest BCUT2D eigenvalue weighted by Gasteiger charge is -2.17. The Morgan fingerprint density at radius 1 is 1.00 bits per heavy atom. The Hall–Kier alpha value is -3.47. The summed E-state index contributed by atoms with van der Waals surface area (Å²) >= 11 is 0. The Morgan fingerprint density at radius 2 is 1.66 bits per heavy atom. The topological polar surface area (TPSA) is 62.3 Å². The summed E-state index contributed by atoms with van der Waals surface area (Å²) in [5, 5.41) is 2.95. The second kappa shape index (κ2) is 8.27. The molecule has 3 aromatic rings. The third kappa shape index (κ3) is 4.51. The molecule has 0 bridgehead atoms. The van der Waals surface area contributed by atoms with E-state index in [9.17, 15) is 9.59 Å². The number of nitrogens with one attached hydrogen (secondary N) is 1. The molecule has 5 heteroatoms. The van der Waals surface area contributed by atoms with Crippen LogP contribution in [0, 0.1) is 12.8 Å². The average Bonchev–Trinajstić information content (AvgIpc) is 3.13. The van der Waals surface area contributed by atoms with Crippen molar-refractivity contribution in [1.29, 1.82) is 0 Å². The molecule has 146 valence electrons. The summed E-state index contributed by atoms with van der Waals surface area (Å²) in [6.45, 7) is 2.42. The largest absolute Gasteiger partial charge is 0.326 e. The van der Waals surface area contributed by atoms with Crippen LogP contribution in [0.25, 0.3) is 0 Å². The lowest BCUT2D eigenvalue weighted by Crippen LogP contribution is -2.28. The van der Waals surface area contributed by atoms with Crippen LogP contribution in [0.2, 0.25) is 0 Å². The van der Waals surface area contributed by atoms with Crippen molar-refractivity contribution in [3.8, 4) is 0 Å². The van der Waals surface area contributed by atoms with E-state index in [0.29, 0.717) is 6.54 Å². The van der Waals surface area contributed by atoms with E-state index in [0.717, 1.165) is 28.9 Å². The molecule has 1 N–H and O–H groups in total. The minimum atomic E-state index is -0.347. The average molecular weight is 385 g/mol. The molecule has 0 saturated carbocycles. The number of amides is 2. The zero-order valence-electron chi connectivity index (χ0n) is 16.3. The zero-order chi connectivity index (χ0) is 20.2. The molecule has 1 aliphatic heterocycles. The molecular formula is C24H23N3O2. The van der Waals surface area contributed by atoms with Crippen molar-refractivity contribution >= 4 is 23.2 Å². The molecular weight excluding hydrogens is 362 g/mol. The predicted octanol–water partition coefficient (Wildman–Crippen LogP) is 3.97. The van der Waals surface area contributed by atoms with E-state index in [1.54, 1.807) is 17.3 Å². The lowest BCUT2D eigenvalue weighted by molar-refractivity contribution is -0.122. The number of carbonyl (C=O) groups is 2. The first kappa shape index (κ1) is 18.9. The summed E-state index contributed by atoms with van der Waals surface area (Å²) in [6, 6.07) is 19.6. The van der Waals surface area contributed by atoms with E-state index in [1.165, 1.54) is 5.56 Å². The zero-order valence-corrected chi connectivity index (χ0v) is 16.3. The number of pyridine rings is 1. The van der Waals surface area contributed by atoms with E-state index in [-0.39, 0.29) is 24.2 Å². The van der Waals surface area contributed by atoms with Crippen LogP contribution in [0.3, 0.4) is 0 Å². The fourth-order valence-corrected chi connectivity index (χ4v) is 3.54. The van der Waals surface area contributed by atoms with Crippen molar-refractivity contribution in [3.05, 3.63) is 89.7 Å². The second-order valence-corrected chi connectivity index (χ2v) is 7.46. The molecule has 1 fully saturated rings. The first-order chi connectivity index (χ1) is 14.1. The SMILES string of the molecule is Cc1ccc(N2C[C@@H](C(=O)Nc3ccc(Cc4ccncc4)cc3)CC2=O)cc1. The van der Waals surface area contributed by atoms with Crippen LogP contribution < -0.4 is 10.2 Å². The van der Waals surface area contributed by atoms with Gasteiger partial charge in [0.15, 0.2) is 0 Å². The van der Waals surface area contributed by atoms with Gasteiger partial charge >= 0.3 is 0 Å². The molecule has 4 rings (SSSR count). The van der Waals surface area contributed by atoms with Gasteiger partial charge in [0.1, 0.15) is 0 Å². The number of aryl methyl sites for hydroxylation is 1. The molecule has 2 aromatic carbocycles. The molecule has 5 nitrogen and oxygen atoms in total. The number of nitrogens with zero attached hydrogens (tertiary/aromatic N) is 2. The molecule has 1 atom stereocenters. The van der Waals surface area contributed by atoms with Crippen LogP contribution in [-0.4, -0.2) is 23.3 Å². The van der Waals surface area contributed by atoms with Crippen LogP contribution in [0.4, 0.5) is 11.4 Å². The summed E-state index contributed by atoms with van der Waals surface area (Å²) in [5.74, 6) is -0.475. The number of benzene rings is 2. The Kier molecular flexibility index (Phi) is 5.38. The van der Waals surface area contributed by atoms with Crippen molar-refractivity contribution in [2.75, 3.05) is 16.8 Å². The number of carbonyl (C=O) groups excluding carboxylic acids is 2. The normalized spacial score (nSPS) is 16.1. The highest BCUT2D eigenvalue weighted by molar-refractivity contribution is 6.03. The van der Waals surface area contributed by atoms with Crippen molar-refractivity contribution in [2.24, 2.45) is 5.92 Å². The highest BCUT2D eigenvalue weighted by Crippen LogP contribution is 2.26. The molecule has 0 radical (unpaired) electrons. The van der Waals surface area contributed by atoms with Crippen LogP contribution in [0.5, 0.6) is 0 Å². The maximum Gasteiger partial charge on any atom is 0.229 e. The standard InChI is InChI=1S/C24H23N3O2/c1-17-2-8-22(9-3-17)27-16-20(15-23(27)28)24(29)26-21-6-4-18(5-7-21)14-19-10-12-25-13-11-19/h2-13,20H,14-16H2,1H3,(H,26,29)/t20-/m0/s1. The first-order valence-corrected chi connectivity index (χ1v) is 9.74. The Balaban J connectivity index is 1.37. The first-order valence-electron chi connectivity index (χ1n) is 9.74. The molecule has 1 aromatic heterocycles. The van der Waals surface area contributed by atoms with Gasteiger partial charge in [-0.2, -0.15) is 0 Å². The molecule has 2 heterocycles.